The zero-order valence-electron chi connectivity index (χ0n) is 10.7. The molecule has 0 aromatic carbocycles. The highest BCUT2D eigenvalue weighted by atomic mass is 28.3. The first-order chi connectivity index (χ1) is 7.18. The van der Waals surface area contributed by atoms with Gasteiger partial charge >= 0.3 is 0 Å². The van der Waals surface area contributed by atoms with Crippen molar-refractivity contribution in [1.82, 2.24) is 5.32 Å². The second-order valence-corrected chi connectivity index (χ2v) is 10.9. The molecule has 0 saturated heterocycles. The molecule has 0 radical (unpaired) electrons. The molecule has 15 heavy (non-hydrogen) atoms. The minimum Gasteiger partial charge on any atom is -0.468 e. The van der Waals surface area contributed by atoms with E-state index in [1.807, 2.05) is 0 Å². The Labute approximate surface area is 104 Å². The van der Waals surface area contributed by atoms with Gasteiger partial charge in [-0.3, -0.25) is 0 Å². The van der Waals surface area contributed by atoms with Gasteiger partial charge in [-0.2, -0.15) is 0 Å². The van der Waals surface area contributed by atoms with E-state index in [-0.39, 0.29) is 9.76 Å². The van der Waals surface area contributed by atoms with Gasteiger partial charge in [-0.15, -0.1) is 0 Å². The average molecular weight is 285 g/mol. The van der Waals surface area contributed by atoms with E-state index >= 15 is 0 Å². The summed E-state index contributed by atoms with van der Waals surface area (Å²) in [5.41, 5.74) is 5.30. The summed E-state index contributed by atoms with van der Waals surface area (Å²) < 4.78 is 10.2. The van der Waals surface area contributed by atoms with E-state index in [1.165, 1.54) is 12.5 Å². The number of rotatable bonds is 8. The molecule has 0 heterocycles. The van der Waals surface area contributed by atoms with Crippen molar-refractivity contribution in [3.63, 3.8) is 0 Å². The van der Waals surface area contributed by atoms with Crippen LogP contribution in [0.2, 0.25) is 19.1 Å². The van der Waals surface area contributed by atoms with E-state index in [0.29, 0.717) is 0 Å². The van der Waals surface area contributed by atoms with Crippen molar-refractivity contribution in [3.05, 3.63) is 0 Å². The first kappa shape index (κ1) is 18.1. The quantitative estimate of drug-likeness (QED) is 0.368. The Morgan fingerprint density at radius 3 is 2.33 bits per heavy atom. The molecule has 0 unspecified atom stereocenters. The Morgan fingerprint density at radius 1 is 1.33 bits per heavy atom. The van der Waals surface area contributed by atoms with Gasteiger partial charge < -0.3 is 19.3 Å². The van der Waals surface area contributed by atoms with Crippen molar-refractivity contribution in [3.8, 4) is 0 Å². The van der Waals surface area contributed by atoms with Gasteiger partial charge in [0, 0.05) is 13.1 Å². The highest BCUT2D eigenvalue weighted by Crippen LogP contribution is 1.84. The van der Waals surface area contributed by atoms with E-state index in [4.69, 9.17) is 14.0 Å². The molecule has 0 aliphatic heterocycles. The molecule has 3 N–H and O–H groups in total. The zero-order chi connectivity index (χ0) is 11.9. The number of nitrogens with two attached hydrogens (primary N) is 1. The van der Waals surface area contributed by atoms with Gasteiger partial charge in [-0.05, 0) is 32.1 Å². The predicted octanol–water partition coefficient (Wildman–Crippen LogP) is -3.01. The Balaban J connectivity index is 0. The third-order valence-corrected chi connectivity index (χ3v) is 7.94. The number of hydrogen-bond acceptors (Lipinski definition) is 4. The molecule has 0 saturated carbocycles. The Hall–Kier alpha value is 0.708. The lowest BCUT2D eigenvalue weighted by molar-refractivity contribution is 0.634. The van der Waals surface area contributed by atoms with E-state index in [1.54, 1.807) is 0 Å². The summed E-state index contributed by atoms with van der Waals surface area (Å²) in [6.07, 6.45) is 1.26. The van der Waals surface area contributed by atoms with Crippen molar-refractivity contribution >= 4 is 39.8 Å². The van der Waals surface area contributed by atoms with Crippen LogP contribution in [0.15, 0.2) is 0 Å². The molecule has 0 amide bonds. The lowest BCUT2D eigenvalue weighted by Crippen LogP contribution is -2.23. The molecule has 4 nitrogen and oxygen atoms in total. The van der Waals surface area contributed by atoms with Crippen molar-refractivity contribution in [2.75, 3.05) is 19.6 Å². The molecule has 0 rings (SSSR count). The summed E-state index contributed by atoms with van der Waals surface area (Å²) in [5.74, 6) is 0. The van der Waals surface area contributed by atoms with Gasteiger partial charge in [-0.25, -0.2) is 0 Å². The summed E-state index contributed by atoms with van der Waals surface area (Å²) in [4.78, 5) is 0. The lowest BCUT2D eigenvalue weighted by Gasteiger charge is -2.00. The minimum absolute atomic E-state index is 0.122. The highest BCUT2D eigenvalue weighted by molar-refractivity contribution is 6.52. The highest BCUT2D eigenvalue weighted by Gasteiger charge is 1.86. The van der Waals surface area contributed by atoms with Crippen LogP contribution in [0.5, 0.6) is 0 Å². The van der Waals surface area contributed by atoms with Gasteiger partial charge in [0.05, 0.1) is 0 Å². The summed E-state index contributed by atoms with van der Waals surface area (Å²) in [6, 6.07) is 1.31. The maximum Gasteiger partial charge on any atom is 0.156 e. The van der Waals surface area contributed by atoms with E-state index in [2.05, 4.69) is 18.4 Å². The summed E-state index contributed by atoms with van der Waals surface area (Å²) in [5, 5.41) is 3.25. The Morgan fingerprint density at radius 2 is 1.93 bits per heavy atom. The van der Waals surface area contributed by atoms with Crippen LogP contribution in [-0.2, 0) is 8.23 Å². The fraction of sp³-hybridized carbons (Fsp3) is 1.00. The van der Waals surface area contributed by atoms with Crippen LogP contribution < -0.4 is 11.1 Å². The molecule has 0 aliphatic rings. The summed E-state index contributed by atoms with van der Waals surface area (Å²) in [7, 11) is 1.16. The largest absolute Gasteiger partial charge is 0.468 e. The van der Waals surface area contributed by atoms with Crippen molar-refractivity contribution < 1.29 is 8.23 Å². The van der Waals surface area contributed by atoms with Crippen LogP contribution >= 0.6 is 0 Å². The molecular formula is C7H28N2O2Si4. The fourth-order valence-corrected chi connectivity index (χ4v) is 2.33. The second-order valence-electron chi connectivity index (χ2n) is 3.52. The fourth-order valence-electron chi connectivity index (χ4n) is 0.723. The number of hydrogen-bond donors (Lipinski definition) is 2. The number of nitrogens with one attached hydrogen (secondary N) is 1. The standard InChI is InChI=1S/C5H18N2OSi2.C2H10OSi2/c6-2-4-7-3-1-5-10-8-9;1-5(2)3-4/h7H,1-6,10H2,9H3;5H,1-2,4H3. The normalized spacial score (nSPS) is 11.2. The monoisotopic (exact) mass is 284 g/mol. The molecule has 0 atom stereocenters. The van der Waals surface area contributed by atoms with E-state index in [0.717, 1.165) is 40.6 Å². The van der Waals surface area contributed by atoms with Gasteiger partial charge in [0.25, 0.3) is 0 Å². The third kappa shape index (κ3) is 25.2. The summed E-state index contributed by atoms with van der Waals surface area (Å²) >= 11 is 0. The van der Waals surface area contributed by atoms with Crippen LogP contribution in [0.25, 0.3) is 0 Å². The third-order valence-electron chi connectivity index (χ3n) is 1.74. The topological polar surface area (TPSA) is 56.5 Å². The second kappa shape index (κ2) is 17.1. The van der Waals surface area contributed by atoms with Gasteiger partial charge in [-0.1, -0.05) is 0 Å². The van der Waals surface area contributed by atoms with Crippen molar-refractivity contribution in [1.29, 1.82) is 0 Å². The van der Waals surface area contributed by atoms with Crippen LogP contribution in [-0.4, -0.2) is 59.4 Å². The molecule has 0 fully saturated rings. The smallest absolute Gasteiger partial charge is 0.156 e. The Bertz CT molecular complexity index is 103. The van der Waals surface area contributed by atoms with E-state index < -0.39 is 9.04 Å². The van der Waals surface area contributed by atoms with Gasteiger partial charge in [0.1, 0.15) is 30.7 Å². The molecule has 0 spiro atoms. The molecular weight excluding hydrogens is 256 g/mol. The maximum atomic E-state index is 5.30. The van der Waals surface area contributed by atoms with Crippen LogP contribution in [0, 0.1) is 0 Å². The predicted molar refractivity (Wildman–Crippen MR) is 80.8 cm³/mol. The van der Waals surface area contributed by atoms with Crippen LogP contribution in [0.1, 0.15) is 6.42 Å². The molecule has 0 aliphatic carbocycles. The molecule has 0 bridgehead atoms. The van der Waals surface area contributed by atoms with Gasteiger partial charge in [0.15, 0.2) is 9.04 Å². The lowest BCUT2D eigenvalue weighted by atomic mass is 10.5. The van der Waals surface area contributed by atoms with Crippen LogP contribution in [0.4, 0.5) is 0 Å². The van der Waals surface area contributed by atoms with E-state index in [9.17, 15) is 0 Å². The maximum absolute atomic E-state index is 5.30. The first-order valence-electron chi connectivity index (χ1n) is 5.61. The summed E-state index contributed by atoms with van der Waals surface area (Å²) in [6.45, 7) is 7.15. The Kier molecular flexibility index (Phi) is 20.6. The molecule has 94 valence electrons. The minimum atomic E-state index is -0.588. The molecule has 0 aromatic heterocycles. The van der Waals surface area contributed by atoms with Crippen molar-refractivity contribution in [2.45, 2.75) is 25.6 Å². The SMILES string of the molecule is C[SiH](C)O[SiH3].NCCNCCC[SiH2]O[SiH3]. The molecule has 8 heteroatoms. The van der Waals surface area contributed by atoms with Gasteiger partial charge in [0.2, 0.25) is 0 Å². The average Bonchev–Trinajstić information content (AvgIpc) is 2.24. The van der Waals surface area contributed by atoms with Crippen molar-refractivity contribution in [2.24, 2.45) is 5.73 Å². The zero-order valence-corrected chi connectivity index (χ0v) is 17.3. The molecule has 0 aromatic rings. The first-order valence-corrected chi connectivity index (χ1v) is 11.6. The van der Waals surface area contributed by atoms with Crippen LogP contribution in [0.3, 0.4) is 0 Å².